The minimum absolute atomic E-state index is 0.0851. The fourth-order valence-corrected chi connectivity index (χ4v) is 2.11. The zero-order valence-corrected chi connectivity index (χ0v) is 12.8. The van der Waals surface area contributed by atoms with Crippen molar-refractivity contribution in [2.45, 2.75) is 45.2 Å². The Morgan fingerprint density at radius 2 is 1.90 bits per heavy atom. The van der Waals surface area contributed by atoms with E-state index in [0.29, 0.717) is 0 Å². The van der Waals surface area contributed by atoms with E-state index in [2.05, 4.69) is 12.2 Å². The maximum absolute atomic E-state index is 11.8. The highest BCUT2D eigenvalue weighted by Gasteiger charge is 2.20. The van der Waals surface area contributed by atoms with Crippen LogP contribution in [-0.4, -0.2) is 26.2 Å². The number of ether oxygens (including phenoxy) is 2. The monoisotopic (exact) mass is 279 g/mol. The molecule has 0 saturated carbocycles. The van der Waals surface area contributed by atoms with Crippen LogP contribution in [0.25, 0.3) is 0 Å². The van der Waals surface area contributed by atoms with Gasteiger partial charge in [0.1, 0.15) is 11.8 Å². The van der Waals surface area contributed by atoms with Crippen molar-refractivity contribution >= 4 is 5.97 Å². The van der Waals surface area contributed by atoms with Crippen molar-refractivity contribution in [1.82, 2.24) is 5.32 Å². The molecular weight excluding hydrogens is 254 g/mol. The summed E-state index contributed by atoms with van der Waals surface area (Å²) in [5.41, 5.74) is 1.12. The highest BCUT2D eigenvalue weighted by atomic mass is 16.5. The molecule has 4 nitrogen and oxygen atoms in total. The second-order valence-corrected chi connectivity index (χ2v) is 4.88. The molecule has 0 fully saturated rings. The second kappa shape index (κ2) is 8.59. The SMILES string of the molecule is CCCCC(NC(C)c1ccc(OC)cc1)C(=O)OC. The highest BCUT2D eigenvalue weighted by molar-refractivity contribution is 5.75. The Morgan fingerprint density at radius 3 is 2.40 bits per heavy atom. The molecular formula is C16H25NO3. The van der Waals surface area contributed by atoms with Gasteiger partial charge in [0, 0.05) is 6.04 Å². The summed E-state index contributed by atoms with van der Waals surface area (Å²) < 4.78 is 10.0. The Balaban J connectivity index is 2.67. The van der Waals surface area contributed by atoms with E-state index in [4.69, 9.17) is 9.47 Å². The predicted octanol–water partition coefficient (Wildman–Crippen LogP) is 3.08. The average Bonchev–Trinajstić information content (AvgIpc) is 2.50. The van der Waals surface area contributed by atoms with Gasteiger partial charge >= 0.3 is 5.97 Å². The summed E-state index contributed by atoms with van der Waals surface area (Å²) in [5, 5.41) is 3.34. The minimum atomic E-state index is -0.253. The second-order valence-electron chi connectivity index (χ2n) is 4.88. The maximum atomic E-state index is 11.8. The third-order valence-corrected chi connectivity index (χ3v) is 3.40. The van der Waals surface area contributed by atoms with Crippen LogP contribution in [0.5, 0.6) is 5.75 Å². The Kier molecular flexibility index (Phi) is 7.09. The van der Waals surface area contributed by atoms with Crippen molar-refractivity contribution in [3.8, 4) is 5.75 Å². The number of rotatable bonds is 8. The molecule has 4 heteroatoms. The van der Waals surface area contributed by atoms with Gasteiger partial charge < -0.3 is 9.47 Å². The van der Waals surface area contributed by atoms with Crippen LogP contribution in [0.2, 0.25) is 0 Å². The van der Waals surface area contributed by atoms with Gasteiger partial charge in [-0.1, -0.05) is 31.9 Å². The lowest BCUT2D eigenvalue weighted by Crippen LogP contribution is -2.39. The van der Waals surface area contributed by atoms with E-state index in [1.807, 2.05) is 31.2 Å². The van der Waals surface area contributed by atoms with E-state index < -0.39 is 0 Å². The Bertz CT molecular complexity index is 403. The molecule has 0 aliphatic rings. The van der Waals surface area contributed by atoms with Gasteiger partial charge in [-0.05, 0) is 31.0 Å². The zero-order valence-electron chi connectivity index (χ0n) is 12.8. The van der Waals surface area contributed by atoms with E-state index in [0.717, 1.165) is 30.6 Å². The molecule has 2 unspecified atom stereocenters. The van der Waals surface area contributed by atoms with Crippen molar-refractivity contribution in [3.63, 3.8) is 0 Å². The van der Waals surface area contributed by atoms with Crippen molar-refractivity contribution in [3.05, 3.63) is 29.8 Å². The van der Waals surface area contributed by atoms with E-state index in [1.165, 1.54) is 7.11 Å². The molecule has 1 aromatic rings. The quantitative estimate of drug-likeness (QED) is 0.743. The summed E-state index contributed by atoms with van der Waals surface area (Å²) >= 11 is 0. The van der Waals surface area contributed by atoms with Crippen LogP contribution in [-0.2, 0) is 9.53 Å². The third kappa shape index (κ3) is 4.85. The Morgan fingerprint density at radius 1 is 1.25 bits per heavy atom. The highest BCUT2D eigenvalue weighted by Crippen LogP contribution is 2.18. The van der Waals surface area contributed by atoms with Crippen LogP contribution in [0.1, 0.15) is 44.7 Å². The van der Waals surface area contributed by atoms with Crippen LogP contribution in [0.15, 0.2) is 24.3 Å². The number of esters is 1. The molecule has 2 atom stereocenters. The molecule has 1 rings (SSSR count). The number of benzene rings is 1. The third-order valence-electron chi connectivity index (χ3n) is 3.40. The van der Waals surface area contributed by atoms with Gasteiger partial charge in [-0.25, -0.2) is 0 Å². The smallest absolute Gasteiger partial charge is 0.322 e. The number of nitrogens with one attached hydrogen (secondary N) is 1. The molecule has 0 radical (unpaired) electrons. The molecule has 0 aliphatic heterocycles. The van der Waals surface area contributed by atoms with Crippen molar-refractivity contribution in [1.29, 1.82) is 0 Å². The van der Waals surface area contributed by atoms with E-state index in [9.17, 15) is 4.79 Å². The minimum Gasteiger partial charge on any atom is -0.497 e. The molecule has 0 saturated heterocycles. The molecule has 0 spiro atoms. The fourth-order valence-electron chi connectivity index (χ4n) is 2.11. The Hall–Kier alpha value is -1.55. The van der Waals surface area contributed by atoms with Crippen LogP contribution < -0.4 is 10.1 Å². The molecule has 20 heavy (non-hydrogen) atoms. The summed E-state index contributed by atoms with van der Waals surface area (Å²) in [5.74, 6) is 0.635. The zero-order chi connectivity index (χ0) is 15.0. The van der Waals surface area contributed by atoms with Gasteiger partial charge in [0.2, 0.25) is 0 Å². The van der Waals surface area contributed by atoms with E-state index >= 15 is 0 Å². The Labute approximate surface area is 121 Å². The molecule has 0 aliphatic carbocycles. The normalized spacial score (nSPS) is 13.6. The van der Waals surface area contributed by atoms with Gasteiger partial charge in [-0.2, -0.15) is 0 Å². The lowest BCUT2D eigenvalue weighted by molar-refractivity contribution is -0.143. The van der Waals surface area contributed by atoms with Gasteiger partial charge in [-0.15, -0.1) is 0 Å². The standard InChI is InChI=1S/C16H25NO3/c1-5-6-7-15(16(18)20-4)17-12(2)13-8-10-14(19-3)11-9-13/h8-12,15,17H,5-7H2,1-4H3. The number of carbonyl (C=O) groups is 1. The number of hydrogen-bond donors (Lipinski definition) is 1. The van der Waals surface area contributed by atoms with Crippen LogP contribution in [0.4, 0.5) is 0 Å². The summed E-state index contributed by atoms with van der Waals surface area (Å²) in [6, 6.07) is 7.69. The summed E-state index contributed by atoms with van der Waals surface area (Å²) in [6.07, 6.45) is 2.86. The van der Waals surface area contributed by atoms with Crippen LogP contribution in [0.3, 0.4) is 0 Å². The number of carbonyl (C=O) groups excluding carboxylic acids is 1. The first-order chi connectivity index (χ1) is 9.62. The molecule has 112 valence electrons. The largest absolute Gasteiger partial charge is 0.497 e. The van der Waals surface area contributed by atoms with Gasteiger partial charge in [-0.3, -0.25) is 10.1 Å². The first-order valence-corrected chi connectivity index (χ1v) is 7.10. The fraction of sp³-hybridized carbons (Fsp3) is 0.562. The van der Waals surface area contributed by atoms with Gasteiger partial charge in [0.25, 0.3) is 0 Å². The summed E-state index contributed by atoms with van der Waals surface area (Å²) in [6.45, 7) is 4.16. The molecule has 0 aromatic heterocycles. The van der Waals surface area contributed by atoms with E-state index in [1.54, 1.807) is 7.11 Å². The first-order valence-electron chi connectivity index (χ1n) is 7.10. The molecule has 0 heterocycles. The van der Waals surface area contributed by atoms with Crippen molar-refractivity contribution in [2.75, 3.05) is 14.2 Å². The van der Waals surface area contributed by atoms with Crippen molar-refractivity contribution < 1.29 is 14.3 Å². The first kappa shape index (κ1) is 16.5. The maximum Gasteiger partial charge on any atom is 0.322 e. The van der Waals surface area contributed by atoms with Crippen LogP contribution in [0, 0.1) is 0 Å². The predicted molar refractivity (Wildman–Crippen MR) is 79.9 cm³/mol. The molecule has 0 amide bonds. The number of methoxy groups -OCH3 is 2. The lowest BCUT2D eigenvalue weighted by atomic mass is 10.0. The van der Waals surface area contributed by atoms with Gasteiger partial charge in [0.15, 0.2) is 0 Å². The molecule has 0 bridgehead atoms. The van der Waals surface area contributed by atoms with E-state index in [-0.39, 0.29) is 18.1 Å². The lowest BCUT2D eigenvalue weighted by Gasteiger charge is -2.22. The molecule has 1 N–H and O–H groups in total. The molecule has 1 aromatic carbocycles. The number of hydrogen-bond acceptors (Lipinski definition) is 4. The number of unbranched alkanes of at least 4 members (excludes halogenated alkanes) is 1. The topological polar surface area (TPSA) is 47.6 Å². The average molecular weight is 279 g/mol. The van der Waals surface area contributed by atoms with Gasteiger partial charge in [0.05, 0.1) is 14.2 Å². The van der Waals surface area contributed by atoms with Crippen molar-refractivity contribution in [2.24, 2.45) is 0 Å². The van der Waals surface area contributed by atoms with Crippen LogP contribution >= 0.6 is 0 Å². The summed E-state index contributed by atoms with van der Waals surface area (Å²) in [4.78, 5) is 11.8. The summed E-state index contributed by atoms with van der Waals surface area (Å²) in [7, 11) is 3.08.